The average molecular weight is 340 g/mol. The lowest BCUT2D eigenvalue weighted by Crippen LogP contribution is -2.45. The highest BCUT2D eigenvalue weighted by Gasteiger charge is 2.49. The Morgan fingerprint density at radius 2 is 1.44 bits per heavy atom. The highest BCUT2D eigenvalue weighted by Crippen LogP contribution is 2.51. The van der Waals surface area contributed by atoms with Gasteiger partial charge in [0.15, 0.2) is 0 Å². The Kier molecular flexibility index (Phi) is 4.71. The second-order valence-electron chi connectivity index (χ2n) is 7.01. The van der Waals surface area contributed by atoms with Gasteiger partial charge in [-0.25, -0.2) is 0 Å². The number of carboxylic acid groups (broad SMARTS) is 1. The number of carbonyl (C=O) groups is 1. The molecule has 0 aromatic heterocycles. The second-order valence-corrected chi connectivity index (χ2v) is 7.01. The van der Waals surface area contributed by atoms with Crippen LogP contribution in [0.5, 0.6) is 11.5 Å². The van der Waals surface area contributed by atoms with E-state index in [0.717, 1.165) is 30.4 Å². The summed E-state index contributed by atoms with van der Waals surface area (Å²) in [5.41, 5.74) is 1.15. The second kappa shape index (κ2) is 6.79. The fourth-order valence-corrected chi connectivity index (χ4v) is 4.35. The molecule has 25 heavy (non-hydrogen) atoms. The van der Waals surface area contributed by atoms with Crippen molar-refractivity contribution in [2.24, 2.45) is 11.8 Å². The summed E-state index contributed by atoms with van der Waals surface area (Å²) in [6.45, 7) is 2.14. The third-order valence-electron chi connectivity index (χ3n) is 5.71. The number of phenols is 2. The Balaban J connectivity index is 2.23. The zero-order valence-corrected chi connectivity index (χ0v) is 14.4. The number of rotatable bonds is 4. The third kappa shape index (κ3) is 3.09. The first-order valence-electron chi connectivity index (χ1n) is 8.79. The van der Waals surface area contributed by atoms with Gasteiger partial charge >= 0.3 is 5.97 Å². The van der Waals surface area contributed by atoms with Gasteiger partial charge in [0.05, 0.1) is 5.92 Å². The van der Waals surface area contributed by atoms with Gasteiger partial charge in [0.1, 0.15) is 11.5 Å². The number of hydrogen-bond acceptors (Lipinski definition) is 3. The van der Waals surface area contributed by atoms with E-state index >= 15 is 0 Å². The zero-order chi connectivity index (χ0) is 18.0. The van der Waals surface area contributed by atoms with Crippen molar-refractivity contribution in [2.75, 3.05) is 0 Å². The molecule has 4 heteroatoms. The molecule has 0 heterocycles. The molecule has 0 amide bonds. The molecule has 2 aromatic carbocycles. The summed E-state index contributed by atoms with van der Waals surface area (Å²) in [5.74, 6) is -0.558. The van der Waals surface area contributed by atoms with E-state index in [1.165, 1.54) is 0 Å². The fourth-order valence-electron chi connectivity index (χ4n) is 4.35. The Morgan fingerprint density at radius 1 is 0.960 bits per heavy atom. The molecule has 4 nitrogen and oxygen atoms in total. The topological polar surface area (TPSA) is 77.8 Å². The van der Waals surface area contributed by atoms with Crippen LogP contribution in [-0.4, -0.2) is 21.3 Å². The van der Waals surface area contributed by atoms with Crippen molar-refractivity contribution in [3.63, 3.8) is 0 Å². The first-order chi connectivity index (χ1) is 12.0. The molecule has 2 unspecified atom stereocenters. The molecule has 2 aromatic rings. The van der Waals surface area contributed by atoms with Crippen molar-refractivity contribution < 1.29 is 20.1 Å². The molecule has 0 saturated heterocycles. The maximum atomic E-state index is 12.1. The minimum Gasteiger partial charge on any atom is -0.508 e. The van der Waals surface area contributed by atoms with Gasteiger partial charge in [-0.2, -0.15) is 0 Å². The van der Waals surface area contributed by atoms with Crippen molar-refractivity contribution >= 4 is 5.97 Å². The Bertz CT molecular complexity index is 688. The van der Waals surface area contributed by atoms with Gasteiger partial charge in [-0.3, -0.25) is 4.79 Å². The summed E-state index contributed by atoms with van der Waals surface area (Å²) in [5, 5.41) is 29.3. The average Bonchev–Trinajstić information content (AvgIpc) is 2.62. The summed E-state index contributed by atoms with van der Waals surface area (Å²) in [7, 11) is 0. The van der Waals surface area contributed by atoms with E-state index in [-0.39, 0.29) is 11.5 Å². The molecule has 0 radical (unpaired) electrons. The monoisotopic (exact) mass is 340 g/mol. The van der Waals surface area contributed by atoms with Crippen molar-refractivity contribution in [1.82, 2.24) is 0 Å². The molecule has 2 atom stereocenters. The first kappa shape index (κ1) is 17.3. The minimum atomic E-state index is -0.796. The smallest absolute Gasteiger partial charge is 0.307 e. The van der Waals surface area contributed by atoms with E-state index in [0.29, 0.717) is 12.3 Å². The summed E-state index contributed by atoms with van der Waals surface area (Å²) < 4.78 is 0. The Hall–Kier alpha value is -2.49. The van der Waals surface area contributed by atoms with Gasteiger partial charge in [-0.05, 0) is 60.6 Å². The van der Waals surface area contributed by atoms with Crippen molar-refractivity contribution in [3.05, 3.63) is 59.7 Å². The maximum Gasteiger partial charge on any atom is 0.307 e. The SMILES string of the molecule is CCC1CCC(C(=O)O)C(c2ccc(O)cc2)(c2ccc(O)cc2)C1. The highest BCUT2D eigenvalue weighted by molar-refractivity contribution is 5.74. The summed E-state index contributed by atoms with van der Waals surface area (Å²) >= 11 is 0. The predicted octanol–water partition coefficient (Wildman–Crippen LogP) is 4.29. The largest absolute Gasteiger partial charge is 0.508 e. The normalized spacial score (nSPS) is 22.4. The van der Waals surface area contributed by atoms with Gasteiger partial charge in [0, 0.05) is 5.41 Å². The summed E-state index contributed by atoms with van der Waals surface area (Å²) in [6.07, 6.45) is 3.28. The molecule has 1 fully saturated rings. The van der Waals surface area contributed by atoms with E-state index < -0.39 is 17.3 Å². The molecule has 1 aliphatic rings. The summed E-state index contributed by atoms with van der Waals surface area (Å²) in [6, 6.07) is 13.8. The molecule has 0 spiro atoms. The first-order valence-corrected chi connectivity index (χ1v) is 8.79. The molecular formula is C21H24O4. The number of phenolic OH excluding ortho intramolecular Hbond substituents is 2. The fraction of sp³-hybridized carbons (Fsp3) is 0.381. The van der Waals surface area contributed by atoms with Gasteiger partial charge < -0.3 is 15.3 Å². The summed E-state index contributed by atoms with van der Waals surface area (Å²) in [4.78, 5) is 12.1. The van der Waals surface area contributed by atoms with Crippen LogP contribution in [0.25, 0.3) is 0 Å². The highest BCUT2D eigenvalue weighted by atomic mass is 16.4. The van der Waals surface area contributed by atoms with E-state index in [9.17, 15) is 20.1 Å². The number of aromatic hydroxyl groups is 2. The number of benzene rings is 2. The maximum absolute atomic E-state index is 12.1. The van der Waals surface area contributed by atoms with Crippen molar-refractivity contribution in [3.8, 4) is 11.5 Å². The van der Waals surface area contributed by atoms with Crippen LogP contribution < -0.4 is 0 Å². The van der Waals surface area contributed by atoms with Gasteiger partial charge in [-0.1, -0.05) is 37.6 Å². The van der Waals surface area contributed by atoms with Crippen LogP contribution in [0.1, 0.15) is 43.7 Å². The third-order valence-corrected chi connectivity index (χ3v) is 5.71. The molecule has 3 N–H and O–H groups in total. The zero-order valence-electron chi connectivity index (χ0n) is 14.4. The molecule has 1 aliphatic carbocycles. The minimum absolute atomic E-state index is 0.166. The lowest BCUT2D eigenvalue weighted by molar-refractivity contribution is -0.145. The van der Waals surface area contributed by atoms with E-state index in [1.54, 1.807) is 24.3 Å². The van der Waals surface area contributed by atoms with Crippen LogP contribution >= 0.6 is 0 Å². The molecular weight excluding hydrogens is 316 g/mol. The number of aliphatic carboxylic acids is 1. The van der Waals surface area contributed by atoms with Gasteiger partial charge in [0.2, 0.25) is 0 Å². The van der Waals surface area contributed by atoms with Crippen LogP contribution in [0.15, 0.2) is 48.5 Å². The number of hydrogen-bond donors (Lipinski definition) is 3. The van der Waals surface area contributed by atoms with Crippen LogP contribution in [0.3, 0.4) is 0 Å². The molecule has 1 saturated carbocycles. The molecule has 0 bridgehead atoms. The van der Waals surface area contributed by atoms with E-state index in [4.69, 9.17) is 0 Å². The molecule has 0 aliphatic heterocycles. The van der Waals surface area contributed by atoms with Crippen molar-refractivity contribution in [1.29, 1.82) is 0 Å². The Labute approximate surface area is 147 Å². The predicted molar refractivity (Wildman–Crippen MR) is 95.8 cm³/mol. The number of carboxylic acids is 1. The lowest BCUT2D eigenvalue weighted by atomic mass is 9.56. The molecule has 3 rings (SSSR count). The van der Waals surface area contributed by atoms with Gasteiger partial charge in [-0.15, -0.1) is 0 Å². The lowest BCUT2D eigenvalue weighted by Gasteiger charge is -2.46. The van der Waals surface area contributed by atoms with Crippen molar-refractivity contribution in [2.45, 2.75) is 38.0 Å². The standard InChI is InChI=1S/C21H24O4/c1-2-14-3-12-19(20(24)25)21(13-14,15-4-8-17(22)9-5-15)16-6-10-18(23)11-7-16/h4-11,14,19,22-23H,2-3,12-13H2,1H3,(H,24,25). The van der Waals surface area contributed by atoms with Crippen LogP contribution in [0.4, 0.5) is 0 Å². The van der Waals surface area contributed by atoms with E-state index in [1.807, 2.05) is 24.3 Å². The van der Waals surface area contributed by atoms with Crippen LogP contribution in [-0.2, 0) is 10.2 Å². The van der Waals surface area contributed by atoms with E-state index in [2.05, 4.69) is 6.92 Å². The van der Waals surface area contributed by atoms with Gasteiger partial charge in [0.25, 0.3) is 0 Å². The molecule has 132 valence electrons. The van der Waals surface area contributed by atoms with Crippen LogP contribution in [0, 0.1) is 11.8 Å². The van der Waals surface area contributed by atoms with Crippen LogP contribution in [0.2, 0.25) is 0 Å². The quantitative estimate of drug-likeness (QED) is 0.776. The Morgan fingerprint density at radius 3 is 1.84 bits per heavy atom.